The van der Waals surface area contributed by atoms with Gasteiger partial charge in [0.1, 0.15) is 5.69 Å². The molecule has 1 aliphatic heterocycles. The monoisotopic (exact) mass is 406 g/mol. The Bertz CT molecular complexity index is 1050. The van der Waals surface area contributed by atoms with Crippen molar-refractivity contribution in [1.29, 1.82) is 0 Å². The number of aromatic nitrogens is 5. The van der Waals surface area contributed by atoms with Crippen molar-refractivity contribution >= 4 is 5.91 Å². The van der Waals surface area contributed by atoms with Gasteiger partial charge in [-0.3, -0.25) is 19.6 Å². The first-order chi connectivity index (χ1) is 14.3. The molecule has 3 aromatic rings. The van der Waals surface area contributed by atoms with E-state index in [4.69, 9.17) is 4.98 Å². The fourth-order valence-electron chi connectivity index (χ4n) is 3.93. The molecule has 0 aromatic carbocycles. The average molecular weight is 407 g/mol. The minimum absolute atomic E-state index is 0.00765. The van der Waals surface area contributed by atoms with E-state index < -0.39 is 0 Å². The van der Waals surface area contributed by atoms with Gasteiger partial charge in [0.2, 0.25) is 0 Å². The van der Waals surface area contributed by atoms with E-state index in [-0.39, 0.29) is 11.8 Å². The van der Waals surface area contributed by atoms with E-state index >= 15 is 0 Å². The van der Waals surface area contributed by atoms with Gasteiger partial charge in [-0.1, -0.05) is 13.8 Å². The molecule has 1 N–H and O–H groups in total. The highest BCUT2D eigenvalue weighted by Crippen LogP contribution is 2.30. The fourth-order valence-corrected chi connectivity index (χ4v) is 3.93. The number of likely N-dealkylation sites (tertiary alicyclic amines) is 1. The van der Waals surface area contributed by atoms with Crippen LogP contribution < -0.4 is 0 Å². The molecule has 1 fully saturated rings. The number of pyridine rings is 1. The van der Waals surface area contributed by atoms with Crippen molar-refractivity contribution in [2.45, 2.75) is 58.9 Å². The summed E-state index contributed by atoms with van der Waals surface area (Å²) < 4.78 is 1.97. The number of carbonyl (C=O) groups excluding carboxylic acids is 1. The summed E-state index contributed by atoms with van der Waals surface area (Å²) >= 11 is 0. The zero-order chi connectivity index (χ0) is 21.4. The summed E-state index contributed by atoms with van der Waals surface area (Å²) in [4.78, 5) is 19.6. The van der Waals surface area contributed by atoms with Crippen LogP contribution in [0, 0.1) is 6.92 Å². The first-order valence-corrected chi connectivity index (χ1v) is 10.7. The highest BCUT2D eigenvalue weighted by Gasteiger charge is 2.30. The molecule has 1 amide bonds. The van der Waals surface area contributed by atoms with Crippen molar-refractivity contribution in [3.8, 4) is 11.1 Å². The third kappa shape index (κ3) is 4.01. The lowest BCUT2D eigenvalue weighted by molar-refractivity contribution is 0.0785. The van der Waals surface area contributed by atoms with Crippen molar-refractivity contribution in [1.82, 2.24) is 29.9 Å². The minimum atomic E-state index is -0.00765. The Labute approximate surface area is 177 Å². The Morgan fingerprint density at radius 2 is 1.97 bits per heavy atom. The van der Waals surface area contributed by atoms with Gasteiger partial charge < -0.3 is 4.90 Å². The number of nitrogens with zero attached hydrogens (tertiary/aromatic N) is 5. The molecule has 1 atom stereocenters. The molecule has 1 saturated heterocycles. The molecule has 7 heteroatoms. The van der Waals surface area contributed by atoms with Gasteiger partial charge in [-0.05, 0) is 56.9 Å². The number of hydrogen-bond acceptors (Lipinski definition) is 4. The van der Waals surface area contributed by atoms with E-state index in [1.807, 2.05) is 28.8 Å². The molecule has 4 rings (SSSR count). The maximum absolute atomic E-state index is 12.9. The van der Waals surface area contributed by atoms with Crippen LogP contribution in [0.15, 0.2) is 30.6 Å². The largest absolute Gasteiger partial charge is 0.337 e. The molecule has 0 saturated carbocycles. The smallest absolute Gasteiger partial charge is 0.274 e. The van der Waals surface area contributed by atoms with E-state index in [9.17, 15) is 4.79 Å². The van der Waals surface area contributed by atoms with E-state index in [0.717, 1.165) is 41.2 Å². The Balaban J connectivity index is 1.52. The van der Waals surface area contributed by atoms with Gasteiger partial charge >= 0.3 is 0 Å². The molecule has 7 nitrogen and oxygen atoms in total. The van der Waals surface area contributed by atoms with Crippen LogP contribution in [0.5, 0.6) is 0 Å². The lowest BCUT2D eigenvalue weighted by atomic mass is 10.00. The maximum atomic E-state index is 12.9. The lowest BCUT2D eigenvalue weighted by Crippen LogP contribution is -2.28. The van der Waals surface area contributed by atoms with Gasteiger partial charge in [-0.2, -0.15) is 10.2 Å². The second-order valence-electron chi connectivity index (χ2n) is 8.82. The van der Waals surface area contributed by atoms with Crippen molar-refractivity contribution < 1.29 is 4.79 Å². The molecule has 3 aromatic heterocycles. The van der Waals surface area contributed by atoms with Crippen LogP contribution in [0.4, 0.5) is 0 Å². The van der Waals surface area contributed by atoms with Gasteiger partial charge in [-0.25, -0.2) is 0 Å². The standard InChI is InChI=1S/C23H30N6O/c1-14(2)20-10-22(27-26-20)23(30)28-7-6-17(12-28)21-9-18(8-16(5)25-21)19-11-24-29(13-19)15(3)4/h8-11,13-15,17H,6-7,12H2,1-5H3,(H,26,27). The molecule has 4 heterocycles. The molecule has 0 spiro atoms. The van der Waals surface area contributed by atoms with Crippen molar-refractivity contribution in [3.63, 3.8) is 0 Å². The van der Waals surface area contributed by atoms with Crippen molar-refractivity contribution in [2.24, 2.45) is 0 Å². The van der Waals surface area contributed by atoms with Crippen molar-refractivity contribution in [3.05, 3.63) is 53.4 Å². The zero-order valence-electron chi connectivity index (χ0n) is 18.4. The summed E-state index contributed by atoms with van der Waals surface area (Å²) in [5.74, 6) is 0.545. The maximum Gasteiger partial charge on any atom is 0.274 e. The first kappa shape index (κ1) is 20.3. The van der Waals surface area contributed by atoms with E-state index in [0.29, 0.717) is 24.2 Å². The number of aryl methyl sites for hydroxylation is 1. The molecule has 0 bridgehead atoms. The van der Waals surface area contributed by atoms with Crippen molar-refractivity contribution in [2.75, 3.05) is 13.1 Å². The number of aromatic amines is 1. The predicted octanol–water partition coefficient (Wildman–Crippen LogP) is 4.31. The SMILES string of the molecule is Cc1cc(-c2cnn(C(C)C)c2)cc(C2CCN(C(=O)c3cc(C(C)C)[nH]n3)C2)n1. The molecule has 0 radical (unpaired) electrons. The van der Waals surface area contributed by atoms with E-state index in [1.54, 1.807) is 0 Å². The van der Waals surface area contributed by atoms with Crippen LogP contribution in [-0.2, 0) is 0 Å². The highest BCUT2D eigenvalue weighted by atomic mass is 16.2. The van der Waals surface area contributed by atoms with E-state index in [2.05, 4.69) is 61.3 Å². The third-order valence-electron chi connectivity index (χ3n) is 5.77. The molecule has 1 unspecified atom stereocenters. The molecular formula is C23H30N6O. The van der Waals surface area contributed by atoms with Gasteiger partial charge in [0.05, 0.1) is 6.20 Å². The molecule has 158 valence electrons. The molecule has 30 heavy (non-hydrogen) atoms. The summed E-state index contributed by atoms with van der Waals surface area (Å²) in [5.41, 5.74) is 5.74. The highest BCUT2D eigenvalue weighted by molar-refractivity contribution is 5.92. The summed E-state index contributed by atoms with van der Waals surface area (Å²) in [7, 11) is 0. The van der Waals surface area contributed by atoms with Crippen LogP contribution in [-0.4, -0.2) is 48.9 Å². The number of hydrogen-bond donors (Lipinski definition) is 1. The first-order valence-electron chi connectivity index (χ1n) is 10.7. The van der Waals surface area contributed by atoms with Crippen LogP contribution in [0.25, 0.3) is 11.1 Å². The number of amides is 1. The van der Waals surface area contributed by atoms with Crippen LogP contribution in [0.1, 0.15) is 79.6 Å². The van der Waals surface area contributed by atoms with Gasteiger partial charge in [-0.15, -0.1) is 0 Å². The zero-order valence-corrected chi connectivity index (χ0v) is 18.4. The van der Waals surface area contributed by atoms with Gasteiger partial charge in [0, 0.05) is 53.9 Å². The topological polar surface area (TPSA) is 79.7 Å². The fraction of sp³-hybridized carbons (Fsp3) is 0.478. The average Bonchev–Trinajstić information content (AvgIpc) is 3.47. The molecule has 1 aliphatic rings. The second-order valence-corrected chi connectivity index (χ2v) is 8.82. The van der Waals surface area contributed by atoms with Crippen LogP contribution >= 0.6 is 0 Å². The van der Waals surface area contributed by atoms with Gasteiger partial charge in [0.25, 0.3) is 5.91 Å². The Morgan fingerprint density at radius 3 is 2.63 bits per heavy atom. The second kappa shape index (κ2) is 8.05. The van der Waals surface area contributed by atoms with Crippen LogP contribution in [0.2, 0.25) is 0 Å². The van der Waals surface area contributed by atoms with E-state index in [1.165, 1.54) is 0 Å². The van der Waals surface area contributed by atoms with Gasteiger partial charge in [0.15, 0.2) is 0 Å². The summed E-state index contributed by atoms with van der Waals surface area (Å²) in [6, 6.07) is 6.45. The Hall–Kier alpha value is -2.96. The molecular weight excluding hydrogens is 376 g/mol. The quantitative estimate of drug-likeness (QED) is 0.685. The van der Waals surface area contributed by atoms with Crippen LogP contribution in [0.3, 0.4) is 0 Å². The third-order valence-corrected chi connectivity index (χ3v) is 5.77. The summed E-state index contributed by atoms with van der Waals surface area (Å²) in [6.07, 6.45) is 4.90. The number of rotatable bonds is 5. The minimum Gasteiger partial charge on any atom is -0.337 e. The number of carbonyl (C=O) groups is 1. The normalized spacial score (nSPS) is 16.8. The lowest BCUT2D eigenvalue weighted by Gasteiger charge is -2.16. The summed E-state index contributed by atoms with van der Waals surface area (Å²) in [6.45, 7) is 11.8. The summed E-state index contributed by atoms with van der Waals surface area (Å²) in [5, 5.41) is 11.7. The number of nitrogens with one attached hydrogen (secondary N) is 1. The number of H-pyrrole nitrogens is 1. The predicted molar refractivity (Wildman–Crippen MR) is 117 cm³/mol. The molecule has 0 aliphatic carbocycles. The Kier molecular flexibility index (Phi) is 5.45. The Morgan fingerprint density at radius 1 is 1.17 bits per heavy atom.